The van der Waals surface area contributed by atoms with Gasteiger partial charge in [0, 0.05) is 19.3 Å². The number of hydrogen-bond acceptors (Lipinski definition) is 5. The van der Waals surface area contributed by atoms with E-state index in [2.05, 4.69) is 4.74 Å². The van der Waals surface area contributed by atoms with Crippen molar-refractivity contribution in [2.45, 2.75) is 13.0 Å². The smallest absolute Gasteiger partial charge is 0.337 e. The van der Waals surface area contributed by atoms with Crippen molar-refractivity contribution in [1.82, 2.24) is 0 Å². The maximum absolute atomic E-state index is 11.4. The summed E-state index contributed by atoms with van der Waals surface area (Å²) in [5, 5.41) is 10.2. The van der Waals surface area contributed by atoms with Crippen LogP contribution >= 0.6 is 0 Å². The number of aliphatic hydroxyl groups excluding tert-OH is 1. The number of aliphatic hydroxyl groups is 1. The molecule has 0 saturated carbocycles. The van der Waals surface area contributed by atoms with Gasteiger partial charge in [0.1, 0.15) is 18.5 Å². The van der Waals surface area contributed by atoms with Gasteiger partial charge in [-0.05, 0) is 42.8 Å². The van der Waals surface area contributed by atoms with E-state index < -0.39 is 6.10 Å². The second kappa shape index (κ2) is 8.36. The first-order chi connectivity index (χ1) is 11.5. The highest BCUT2D eigenvalue weighted by atomic mass is 16.5. The fourth-order valence-electron chi connectivity index (χ4n) is 2.35. The molecule has 0 bridgehead atoms. The lowest BCUT2D eigenvalue weighted by atomic mass is 10.2. The van der Waals surface area contributed by atoms with E-state index >= 15 is 0 Å². The average molecular weight is 329 g/mol. The van der Waals surface area contributed by atoms with Gasteiger partial charge in [-0.1, -0.05) is 18.2 Å². The first kappa shape index (κ1) is 17.8. The number of hydrogen-bond donors (Lipinski definition) is 1. The van der Waals surface area contributed by atoms with E-state index in [-0.39, 0.29) is 12.6 Å². The normalized spacial score (nSPS) is 11.7. The van der Waals surface area contributed by atoms with E-state index in [1.54, 1.807) is 12.1 Å². The van der Waals surface area contributed by atoms with Crippen molar-refractivity contribution in [3.63, 3.8) is 0 Å². The number of para-hydroxylation sites is 1. The van der Waals surface area contributed by atoms with E-state index in [0.29, 0.717) is 12.1 Å². The summed E-state index contributed by atoms with van der Waals surface area (Å²) in [6.45, 7) is 2.61. The number of methoxy groups -OCH3 is 1. The third-order valence-electron chi connectivity index (χ3n) is 3.74. The van der Waals surface area contributed by atoms with E-state index in [1.807, 2.05) is 55.3 Å². The van der Waals surface area contributed by atoms with Gasteiger partial charge >= 0.3 is 5.97 Å². The topological polar surface area (TPSA) is 59.0 Å². The molecular weight excluding hydrogens is 306 g/mol. The van der Waals surface area contributed by atoms with Crippen molar-refractivity contribution in [2.24, 2.45) is 0 Å². The summed E-state index contributed by atoms with van der Waals surface area (Å²) in [7, 11) is 3.23. The largest absolute Gasteiger partial charge is 0.491 e. The van der Waals surface area contributed by atoms with Crippen LogP contribution in [0.2, 0.25) is 0 Å². The Morgan fingerprint density at radius 2 is 1.83 bits per heavy atom. The molecule has 5 heteroatoms. The summed E-state index contributed by atoms with van der Waals surface area (Å²) in [4.78, 5) is 13.3. The highest BCUT2D eigenvalue weighted by Gasteiger charge is 2.12. The zero-order chi connectivity index (χ0) is 17.5. The van der Waals surface area contributed by atoms with Gasteiger partial charge in [0.05, 0.1) is 12.7 Å². The number of likely N-dealkylation sites (N-methyl/N-ethyl adjacent to an activating group) is 1. The Bertz CT molecular complexity index is 669. The quantitative estimate of drug-likeness (QED) is 0.792. The number of aryl methyl sites for hydroxylation is 1. The molecule has 0 amide bonds. The predicted molar refractivity (Wildman–Crippen MR) is 93.7 cm³/mol. The zero-order valence-electron chi connectivity index (χ0n) is 14.2. The van der Waals surface area contributed by atoms with E-state index in [1.165, 1.54) is 7.11 Å². The van der Waals surface area contributed by atoms with Crippen LogP contribution in [0.4, 0.5) is 5.69 Å². The Hall–Kier alpha value is -2.53. The Labute approximate surface area is 142 Å². The van der Waals surface area contributed by atoms with Crippen LogP contribution in [0.3, 0.4) is 0 Å². The molecule has 1 unspecified atom stereocenters. The van der Waals surface area contributed by atoms with E-state index in [0.717, 1.165) is 17.0 Å². The van der Waals surface area contributed by atoms with Gasteiger partial charge in [0.25, 0.3) is 0 Å². The van der Waals surface area contributed by atoms with Crippen LogP contribution in [0.5, 0.6) is 5.75 Å². The molecule has 0 aromatic heterocycles. The number of rotatable bonds is 7. The first-order valence-corrected chi connectivity index (χ1v) is 7.77. The number of carbonyl (C=O) groups excluding carboxylic acids is 1. The average Bonchev–Trinajstić information content (AvgIpc) is 2.60. The molecule has 0 heterocycles. The fourth-order valence-corrected chi connectivity index (χ4v) is 2.35. The van der Waals surface area contributed by atoms with Gasteiger partial charge in [-0.15, -0.1) is 0 Å². The van der Waals surface area contributed by atoms with Gasteiger partial charge in [-0.3, -0.25) is 0 Å². The SMILES string of the molecule is COC(=O)c1ccc(N(C)CC(O)COc2ccccc2C)cc1. The maximum atomic E-state index is 11.4. The molecule has 1 atom stereocenters. The summed E-state index contributed by atoms with van der Waals surface area (Å²) in [5.41, 5.74) is 2.44. The maximum Gasteiger partial charge on any atom is 0.337 e. The fraction of sp³-hybridized carbons (Fsp3) is 0.316. The minimum absolute atomic E-state index is 0.218. The van der Waals surface area contributed by atoms with Crippen LogP contribution in [-0.2, 0) is 4.74 Å². The van der Waals surface area contributed by atoms with Gasteiger partial charge in [0.15, 0.2) is 0 Å². The van der Waals surface area contributed by atoms with E-state index in [4.69, 9.17) is 4.74 Å². The summed E-state index contributed by atoms with van der Waals surface area (Å²) in [6, 6.07) is 14.8. The molecule has 24 heavy (non-hydrogen) atoms. The Morgan fingerprint density at radius 3 is 2.46 bits per heavy atom. The number of esters is 1. The lowest BCUT2D eigenvalue weighted by Gasteiger charge is -2.23. The summed E-state index contributed by atoms with van der Waals surface area (Å²) < 4.78 is 10.3. The third kappa shape index (κ3) is 4.73. The molecular formula is C19H23NO4. The number of anilines is 1. The van der Waals surface area contributed by atoms with Gasteiger partial charge < -0.3 is 19.5 Å². The molecule has 1 N–H and O–H groups in total. The Morgan fingerprint density at radius 1 is 1.17 bits per heavy atom. The second-order valence-corrected chi connectivity index (χ2v) is 5.65. The number of ether oxygens (including phenoxy) is 2. The molecule has 5 nitrogen and oxygen atoms in total. The Balaban J connectivity index is 1.88. The molecule has 2 aromatic carbocycles. The number of carbonyl (C=O) groups is 1. The van der Waals surface area contributed by atoms with Crippen LogP contribution in [0.25, 0.3) is 0 Å². The molecule has 0 radical (unpaired) electrons. The van der Waals surface area contributed by atoms with E-state index in [9.17, 15) is 9.90 Å². The first-order valence-electron chi connectivity index (χ1n) is 7.77. The predicted octanol–water partition coefficient (Wildman–Crippen LogP) is 2.66. The number of nitrogens with zero attached hydrogens (tertiary/aromatic N) is 1. The summed E-state index contributed by atoms with van der Waals surface area (Å²) in [5.74, 6) is 0.414. The second-order valence-electron chi connectivity index (χ2n) is 5.65. The van der Waals surface area contributed by atoms with Gasteiger partial charge in [-0.2, -0.15) is 0 Å². The van der Waals surface area contributed by atoms with Crippen LogP contribution in [-0.4, -0.2) is 44.5 Å². The Kier molecular flexibility index (Phi) is 6.21. The van der Waals surface area contributed by atoms with Crippen molar-refractivity contribution in [1.29, 1.82) is 0 Å². The lowest BCUT2D eigenvalue weighted by Crippen LogP contribution is -2.33. The molecule has 0 saturated heterocycles. The van der Waals surface area contributed by atoms with Crippen molar-refractivity contribution in [3.05, 3.63) is 59.7 Å². The molecule has 2 aromatic rings. The van der Waals surface area contributed by atoms with Gasteiger partial charge in [-0.25, -0.2) is 4.79 Å². The van der Waals surface area contributed by atoms with Crippen molar-refractivity contribution >= 4 is 11.7 Å². The minimum atomic E-state index is -0.630. The third-order valence-corrected chi connectivity index (χ3v) is 3.74. The van der Waals surface area contributed by atoms with Crippen LogP contribution in [0.1, 0.15) is 15.9 Å². The van der Waals surface area contributed by atoms with Crippen molar-refractivity contribution in [3.8, 4) is 5.75 Å². The molecule has 2 rings (SSSR count). The lowest BCUT2D eigenvalue weighted by molar-refractivity contribution is 0.0600. The van der Waals surface area contributed by atoms with Crippen LogP contribution in [0, 0.1) is 6.92 Å². The number of benzene rings is 2. The zero-order valence-corrected chi connectivity index (χ0v) is 14.2. The monoisotopic (exact) mass is 329 g/mol. The summed E-state index contributed by atoms with van der Waals surface area (Å²) >= 11 is 0. The van der Waals surface area contributed by atoms with Crippen LogP contribution < -0.4 is 9.64 Å². The van der Waals surface area contributed by atoms with Crippen LogP contribution in [0.15, 0.2) is 48.5 Å². The molecule has 0 fully saturated rings. The summed E-state index contributed by atoms with van der Waals surface area (Å²) in [6.07, 6.45) is -0.630. The van der Waals surface area contributed by atoms with Crippen molar-refractivity contribution in [2.75, 3.05) is 32.2 Å². The molecule has 0 aliphatic heterocycles. The highest BCUT2D eigenvalue weighted by molar-refractivity contribution is 5.89. The van der Waals surface area contributed by atoms with Crippen molar-refractivity contribution < 1.29 is 19.4 Å². The molecule has 0 aliphatic carbocycles. The standard InChI is InChI=1S/C19H23NO4/c1-14-6-4-5-7-18(14)24-13-17(21)12-20(2)16-10-8-15(9-11-16)19(22)23-3/h4-11,17,21H,12-13H2,1-3H3. The molecule has 0 spiro atoms. The van der Waals surface area contributed by atoms with Gasteiger partial charge in [0.2, 0.25) is 0 Å². The molecule has 128 valence electrons. The molecule has 0 aliphatic rings. The minimum Gasteiger partial charge on any atom is -0.491 e. The highest BCUT2D eigenvalue weighted by Crippen LogP contribution is 2.17.